The standard InChI is InChI=1S/C11H22O3/c1-7(2)10(13)5-9(12)6-11(14)8(3)4/h7-8,10-11,13-14H,5-6H2,1-4H3. The van der Waals surface area contributed by atoms with Crippen molar-refractivity contribution in [3.8, 4) is 0 Å². The van der Waals surface area contributed by atoms with Gasteiger partial charge in [0.15, 0.2) is 0 Å². The van der Waals surface area contributed by atoms with Crippen molar-refractivity contribution in [2.24, 2.45) is 11.8 Å². The van der Waals surface area contributed by atoms with E-state index in [9.17, 15) is 15.0 Å². The molecule has 0 aliphatic carbocycles. The molecule has 0 aromatic heterocycles. The Morgan fingerprint density at radius 3 is 1.43 bits per heavy atom. The van der Waals surface area contributed by atoms with Crippen molar-refractivity contribution in [2.75, 3.05) is 0 Å². The number of carbonyl (C=O) groups is 1. The zero-order chi connectivity index (χ0) is 11.3. The van der Waals surface area contributed by atoms with Crippen molar-refractivity contribution in [1.82, 2.24) is 0 Å². The van der Waals surface area contributed by atoms with E-state index in [2.05, 4.69) is 0 Å². The monoisotopic (exact) mass is 202 g/mol. The molecule has 0 aliphatic rings. The Kier molecular flexibility index (Phi) is 5.96. The topological polar surface area (TPSA) is 57.5 Å². The largest absolute Gasteiger partial charge is 0.392 e. The van der Waals surface area contributed by atoms with Crippen LogP contribution in [0.5, 0.6) is 0 Å². The fourth-order valence-electron chi connectivity index (χ4n) is 1.02. The highest BCUT2D eigenvalue weighted by molar-refractivity contribution is 5.79. The van der Waals surface area contributed by atoms with Gasteiger partial charge in [-0.25, -0.2) is 0 Å². The van der Waals surface area contributed by atoms with E-state index < -0.39 is 12.2 Å². The molecule has 2 N–H and O–H groups in total. The quantitative estimate of drug-likeness (QED) is 0.684. The van der Waals surface area contributed by atoms with E-state index in [4.69, 9.17) is 0 Å². The van der Waals surface area contributed by atoms with Gasteiger partial charge in [0.25, 0.3) is 0 Å². The van der Waals surface area contributed by atoms with E-state index in [1.54, 1.807) is 0 Å². The minimum atomic E-state index is -0.582. The van der Waals surface area contributed by atoms with Gasteiger partial charge in [-0.15, -0.1) is 0 Å². The average Bonchev–Trinajstić information content (AvgIpc) is 2.03. The molecule has 0 heterocycles. The summed E-state index contributed by atoms with van der Waals surface area (Å²) < 4.78 is 0. The van der Waals surface area contributed by atoms with E-state index in [0.29, 0.717) is 0 Å². The summed E-state index contributed by atoms with van der Waals surface area (Å²) in [6.07, 6.45) is -0.855. The third-order valence-electron chi connectivity index (χ3n) is 2.41. The van der Waals surface area contributed by atoms with Crippen molar-refractivity contribution in [2.45, 2.75) is 52.7 Å². The lowest BCUT2D eigenvalue weighted by molar-refractivity contribution is -0.123. The fraction of sp³-hybridized carbons (Fsp3) is 0.909. The molecule has 3 nitrogen and oxygen atoms in total. The Balaban J connectivity index is 3.87. The number of aliphatic hydroxyl groups excluding tert-OH is 2. The third-order valence-corrected chi connectivity index (χ3v) is 2.41. The third kappa shape index (κ3) is 5.35. The summed E-state index contributed by atoms with van der Waals surface area (Å²) in [5, 5.41) is 18.9. The van der Waals surface area contributed by atoms with Gasteiger partial charge < -0.3 is 10.2 Å². The van der Waals surface area contributed by atoms with Gasteiger partial charge in [-0.3, -0.25) is 4.79 Å². The number of rotatable bonds is 6. The zero-order valence-corrected chi connectivity index (χ0v) is 9.53. The first-order valence-electron chi connectivity index (χ1n) is 5.22. The number of Topliss-reactive ketones (excluding diaryl/α,β-unsaturated/α-hetero) is 1. The van der Waals surface area contributed by atoms with Gasteiger partial charge in [-0.1, -0.05) is 27.7 Å². The van der Waals surface area contributed by atoms with Crippen molar-refractivity contribution in [3.05, 3.63) is 0 Å². The summed E-state index contributed by atoms with van der Waals surface area (Å²) in [5.74, 6) is 0.123. The van der Waals surface area contributed by atoms with Crippen LogP contribution in [-0.4, -0.2) is 28.2 Å². The lowest BCUT2D eigenvalue weighted by Gasteiger charge is -2.16. The van der Waals surface area contributed by atoms with Crippen LogP contribution in [0.1, 0.15) is 40.5 Å². The van der Waals surface area contributed by atoms with Crippen LogP contribution in [0.2, 0.25) is 0 Å². The summed E-state index contributed by atoms with van der Waals surface area (Å²) in [6.45, 7) is 7.49. The Labute approximate surface area is 86.1 Å². The molecule has 0 spiro atoms. The van der Waals surface area contributed by atoms with Crippen molar-refractivity contribution < 1.29 is 15.0 Å². The molecule has 0 saturated heterocycles. The smallest absolute Gasteiger partial charge is 0.138 e. The predicted octanol–water partition coefficient (Wildman–Crippen LogP) is 1.37. The maximum Gasteiger partial charge on any atom is 0.138 e. The van der Waals surface area contributed by atoms with Gasteiger partial charge in [-0.05, 0) is 11.8 Å². The molecule has 84 valence electrons. The van der Waals surface area contributed by atoms with E-state index in [0.717, 1.165) is 0 Å². The number of carbonyl (C=O) groups excluding carboxylic acids is 1. The second kappa shape index (κ2) is 6.14. The molecule has 2 unspecified atom stereocenters. The van der Waals surface area contributed by atoms with Crippen LogP contribution in [-0.2, 0) is 4.79 Å². The highest BCUT2D eigenvalue weighted by Gasteiger charge is 2.18. The van der Waals surface area contributed by atoms with Gasteiger partial charge in [0.1, 0.15) is 5.78 Å². The van der Waals surface area contributed by atoms with Gasteiger partial charge in [-0.2, -0.15) is 0 Å². The first-order chi connectivity index (χ1) is 6.34. The van der Waals surface area contributed by atoms with Crippen LogP contribution in [0, 0.1) is 11.8 Å². The summed E-state index contributed by atoms with van der Waals surface area (Å²) in [5.41, 5.74) is 0. The zero-order valence-electron chi connectivity index (χ0n) is 9.53. The predicted molar refractivity (Wildman–Crippen MR) is 55.9 cm³/mol. The van der Waals surface area contributed by atoms with Gasteiger partial charge >= 0.3 is 0 Å². The van der Waals surface area contributed by atoms with Crippen LogP contribution in [0.4, 0.5) is 0 Å². The summed E-state index contributed by atoms with van der Waals surface area (Å²) in [7, 11) is 0. The van der Waals surface area contributed by atoms with Crippen LogP contribution < -0.4 is 0 Å². The fourth-order valence-corrected chi connectivity index (χ4v) is 1.02. The molecule has 0 aliphatic heterocycles. The van der Waals surface area contributed by atoms with Crippen LogP contribution in [0.15, 0.2) is 0 Å². The molecule has 3 heteroatoms. The maximum atomic E-state index is 11.4. The SMILES string of the molecule is CC(C)C(O)CC(=O)CC(O)C(C)C. The van der Waals surface area contributed by atoms with Gasteiger partial charge in [0.05, 0.1) is 12.2 Å². The second-order valence-electron chi connectivity index (χ2n) is 4.57. The molecular weight excluding hydrogens is 180 g/mol. The van der Waals surface area contributed by atoms with E-state index in [1.807, 2.05) is 27.7 Å². The molecule has 0 fully saturated rings. The Morgan fingerprint density at radius 2 is 1.21 bits per heavy atom. The van der Waals surface area contributed by atoms with Gasteiger partial charge in [0.2, 0.25) is 0 Å². The van der Waals surface area contributed by atoms with Crippen molar-refractivity contribution in [1.29, 1.82) is 0 Å². The normalized spacial score (nSPS) is 16.0. The number of hydrogen-bond donors (Lipinski definition) is 2. The highest BCUT2D eigenvalue weighted by Crippen LogP contribution is 2.11. The molecule has 0 radical (unpaired) electrons. The van der Waals surface area contributed by atoms with Crippen LogP contribution >= 0.6 is 0 Å². The molecule has 0 rings (SSSR count). The lowest BCUT2D eigenvalue weighted by Crippen LogP contribution is -2.24. The lowest BCUT2D eigenvalue weighted by atomic mass is 9.96. The molecule has 0 bridgehead atoms. The minimum Gasteiger partial charge on any atom is -0.392 e. The molecule has 0 aromatic rings. The average molecular weight is 202 g/mol. The van der Waals surface area contributed by atoms with Crippen LogP contribution in [0.3, 0.4) is 0 Å². The molecular formula is C11H22O3. The van der Waals surface area contributed by atoms with Crippen molar-refractivity contribution >= 4 is 5.78 Å². The highest BCUT2D eigenvalue weighted by atomic mass is 16.3. The van der Waals surface area contributed by atoms with Crippen molar-refractivity contribution in [3.63, 3.8) is 0 Å². The maximum absolute atomic E-state index is 11.4. The molecule has 0 saturated carbocycles. The van der Waals surface area contributed by atoms with E-state index in [1.165, 1.54) is 0 Å². The number of ketones is 1. The second-order valence-corrected chi connectivity index (χ2v) is 4.57. The summed E-state index contributed by atoms with van der Waals surface area (Å²) in [6, 6.07) is 0. The van der Waals surface area contributed by atoms with Gasteiger partial charge in [0, 0.05) is 12.8 Å². The number of hydrogen-bond acceptors (Lipinski definition) is 3. The molecule has 14 heavy (non-hydrogen) atoms. The molecule has 0 aromatic carbocycles. The van der Waals surface area contributed by atoms with E-state index in [-0.39, 0.29) is 30.5 Å². The first-order valence-corrected chi connectivity index (χ1v) is 5.22. The number of aliphatic hydroxyl groups is 2. The Bertz CT molecular complexity index is 157. The minimum absolute atomic E-state index is 0.0626. The molecule has 0 amide bonds. The summed E-state index contributed by atoms with van der Waals surface area (Å²) in [4.78, 5) is 11.4. The Hall–Kier alpha value is -0.410. The summed E-state index contributed by atoms with van der Waals surface area (Å²) >= 11 is 0. The van der Waals surface area contributed by atoms with Crippen LogP contribution in [0.25, 0.3) is 0 Å². The first kappa shape index (κ1) is 13.6. The Morgan fingerprint density at radius 1 is 0.929 bits per heavy atom. The molecule has 2 atom stereocenters. The van der Waals surface area contributed by atoms with E-state index >= 15 is 0 Å².